The molecule has 0 amide bonds. The smallest absolute Gasteiger partial charge is 0.100 e. The van der Waals surface area contributed by atoms with Crippen LogP contribution in [0.2, 0.25) is 0 Å². The Labute approximate surface area is 89.6 Å². The third-order valence-electron chi connectivity index (χ3n) is 2.69. The molecule has 5 atom stereocenters. The van der Waals surface area contributed by atoms with Crippen LogP contribution in [0, 0.1) is 0 Å². The number of aliphatic hydroxyl groups excluding tert-OH is 3. The van der Waals surface area contributed by atoms with Crippen molar-refractivity contribution in [3.63, 3.8) is 0 Å². The van der Waals surface area contributed by atoms with Crippen molar-refractivity contribution < 1.29 is 24.8 Å². The molecule has 1 aliphatic rings. The molecule has 5 unspecified atom stereocenters. The van der Waals surface area contributed by atoms with Crippen LogP contribution in [0.5, 0.6) is 0 Å². The van der Waals surface area contributed by atoms with Gasteiger partial charge in [-0.15, -0.1) is 0 Å². The Morgan fingerprint density at radius 2 is 2.20 bits per heavy atom. The molecule has 0 spiro atoms. The first-order valence-corrected chi connectivity index (χ1v) is 5.28. The standard InChI is InChI=1S/C10H20O5/c1-6-9(13)3-10(15-6)7(2)14-5-8(12)4-11/h6-13H,3-5H2,1-2H3. The van der Waals surface area contributed by atoms with Crippen LogP contribution in [0.4, 0.5) is 0 Å². The zero-order valence-electron chi connectivity index (χ0n) is 9.17. The van der Waals surface area contributed by atoms with Crippen molar-refractivity contribution in [2.75, 3.05) is 13.2 Å². The maximum Gasteiger partial charge on any atom is 0.100 e. The van der Waals surface area contributed by atoms with E-state index in [-0.39, 0.29) is 31.5 Å². The summed E-state index contributed by atoms with van der Waals surface area (Å²) in [5.74, 6) is 0. The van der Waals surface area contributed by atoms with Gasteiger partial charge in [0.1, 0.15) is 6.10 Å². The fourth-order valence-corrected chi connectivity index (χ4v) is 1.58. The van der Waals surface area contributed by atoms with Crippen LogP contribution in [0.25, 0.3) is 0 Å². The van der Waals surface area contributed by atoms with Crippen molar-refractivity contribution in [1.82, 2.24) is 0 Å². The topological polar surface area (TPSA) is 79.2 Å². The van der Waals surface area contributed by atoms with Crippen LogP contribution in [-0.4, -0.2) is 59.1 Å². The van der Waals surface area contributed by atoms with E-state index in [4.69, 9.17) is 19.7 Å². The maximum atomic E-state index is 9.47. The predicted molar refractivity (Wildman–Crippen MR) is 53.5 cm³/mol. The second kappa shape index (κ2) is 5.77. The number of hydrogen-bond donors (Lipinski definition) is 3. The van der Waals surface area contributed by atoms with Crippen molar-refractivity contribution in [2.24, 2.45) is 0 Å². The Hall–Kier alpha value is -0.200. The molecule has 1 heterocycles. The van der Waals surface area contributed by atoms with Crippen molar-refractivity contribution in [3.8, 4) is 0 Å². The first kappa shape index (κ1) is 12.9. The molecular weight excluding hydrogens is 200 g/mol. The molecular formula is C10H20O5. The molecule has 5 heteroatoms. The molecule has 0 aromatic rings. The van der Waals surface area contributed by atoms with Gasteiger partial charge in [-0.3, -0.25) is 0 Å². The van der Waals surface area contributed by atoms with Crippen molar-refractivity contribution in [2.45, 2.75) is 50.8 Å². The summed E-state index contributed by atoms with van der Waals surface area (Å²) in [5.41, 5.74) is 0. The van der Waals surface area contributed by atoms with Crippen molar-refractivity contribution in [3.05, 3.63) is 0 Å². The Balaban J connectivity index is 2.26. The van der Waals surface area contributed by atoms with Gasteiger partial charge in [0.15, 0.2) is 0 Å². The summed E-state index contributed by atoms with van der Waals surface area (Å²) in [7, 11) is 0. The SMILES string of the molecule is CC1OC(C(C)OCC(O)CO)CC1O. The third kappa shape index (κ3) is 3.70. The zero-order chi connectivity index (χ0) is 11.4. The molecule has 1 fully saturated rings. The largest absolute Gasteiger partial charge is 0.394 e. The third-order valence-corrected chi connectivity index (χ3v) is 2.69. The molecule has 15 heavy (non-hydrogen) atoms. The lowest BCUT2D eigenvalue weighted by molar-refractivity contribution is -0.0859. The normalized spacial score (nSPS) is 35.4. The first-order valence-electron chi connectivity index (χ1n) is 5.28. The molecule has 1 rings (SSSR count). The Kier molecular flexibility index (Phi) is 4.95. The van der Waals surface area contributed by atoms with Crippen LogP contribution in [-0.2, 0) is 9.47 Å². The summed E-state index contributed by atoms with van der Waals surface area (Å²) in [4.78, 5) is 0. The van der Waals surface area contributed by atoms with Gasteiger partial charge in [-0.1, -0.05) is 0 Å². The van der Waals surface area contributed by atoms with Gasteiger partial charge >= 0.3 is 0 Å². The summed E-state index contributed by atoms with van der Waals surface area (Å²) in [6.45, 7) is 3.43. The first-order chi connectivity index (χ1) is 7.04. The molecule has 0 aliphatic carbocycles. The minimum absolute atomic E-state index is 0.0853. The lowest BCUT2D eigenvalue weighted by Crippen LogP contribution is -2.30. The molecule has 3 N–H and O–H groups in total. The Bertz CT molecular complexity index is 177. The highest BCUT2D eigenvalue weighted by atomic mass is 16.6. The van der Waals surface area contributed by atoms with Gasteiger partial charge < -0.3 is 24.8 Å². The highest BCUT2D eigenvalue weighted by molar-refractivity contribution is 4.82. The van der Waals surface area contributed by atoms with E-state index in [1.165, 1.54) is 0 Å². The van der Waals surface area contributed by atoms with Gasteiger partial charge in [0.25, 0.3) is 0 Å². The van der Waals surface area contributed by atoms with Crippen LogP contribution < -0.4 is 0 Å². The maximum absolute atomic E-state index is 9.47. The average molecular weight is 220 g/mol. The molecule has 0 radical (unpaired) electrons. The second-order valence-corrected chi connectivity index (χ2v) is 4.06. The summed E-state index contributed by atoms with van der Waals surface area (Å²) in [6, 6.07) is 0. The fourth-order valence-electron chi connectivity index (χ4n) is 1.58. The highest BCUT2D eigenvalue weighted by Crippen LogP contribution is 2.23. The number of rotatable bonds is 5. The summed E-state index contributed by atoms with van der Waals surface area (Å²) in [6.07, 6.45) is -1.23. The summed E-state index contributed by atoms with van der Waals surface area (Å²) >= 11 is 0. The van der Waals surface area contributed by atoms with E-state index in [0.717, 1.165) is 0 Å². The quantitative estimate of drug-likeness (QED) is 0.570. The van der Waals surface area contributed by atoms with E-state index in [1.54, 1.807) is 0 Å². The van der Waals surface area contributed by atoms with Crippen LogP contribution >= 0.6 is 0 Å². The molecule has 90 valence electrons. The van der Waals surface area contributed by atoms with Crippen molar-refractivity contribution >= 4 is 0 Å². The lowest BCUT2D eigenvalue weighted by atomic mass is 10.1. The number of hydrogen-bond acceptors (Lipinski definition) is 5. The van der Waals surface area contributed by atoms with Crippen LogP contribution in [0.15, 0.2) is 0 Å². The molecule has 0 aromatic carbocycles. The molecule has 5 nitrogen and oxygen atoms in total. The van der Waals surface area contributed by atoms with E-state index in [0.29, 0.717) is 6.42 Å². The Morgan fingerprint density at radius 1 is 1.53 bits per heavy atom. The lowest BCUT2D eigenvalue weighted by Gasteiger charge is -2.20. The fraction of sp³-hybridized carbons (Fsp3) is 1.00. The van der Waals surface area contributed by atoms with E-state index < -0.39 is 12.2 Å². The van der Waals surface area contributed by atoms with Gasteiger partial charge in [-0.25, -0.2) is 0 Å². The van der Waals surface area contributed by atoms with Gasteiger partial charge in [-0.2, -0.15) is 0 Å². The molecule has 1 saturated heterocycles. The van der Waals surface area contributed by atoms with Crippen LogP contribution in [0.3, 0.4) is 0 Å². The minimum atomic E-state index is -0.851. The van der Waals surface area contributed by atoms with E-state index in [9.17, 15) is 5.11 Å². The van der Waals surface area contributed by atoms with Gasteiger partial charge in [0, 0.05) is 6.42 Å². The number of ether oxygens (including phenoxy) is 2. The molecule has 0 saturated carbocycles. The van der Waals surface area contributed by atoms with Crippen LogP contribution in [0.1, 0.15) is 20.3 Å². The second-order valence-electron chi connectivity index (χ2n) is 4.06. The van der Waals surface area contributed by atoms with Gasteiger partial charge in [0.05, 0.1) is 37.6 Å². The number of aliphatic hydroxyl groups is 3. The van der Waals surface area contributed by atoms with E-state index >= 15 is 0 Å². The molecule has 0 bridgehead atoms. The predicted octanol–water partition coefficient (Wildman–Crippen LogP) is -0.717. The summed E-state index contributed by atoms with van der Waals surface area (Å²) in [5, 5.41) is 27.2. The molecule has 0 aromatic heterocycles. The van der Waals surface area contributed by atoms with Crippen molar-refractivity contribution in [1.29, 1.82) is 0 Å². The van der Waals surface area contributed by atoms with Gasteiger partial charge in [-0.05, 0) is 13.8 Å². The average Bonchev–Trinajstić information content (AvgIpc) is 2.55. The highest BCUT2D eigenvalue weighted by Gasteiger charge is 2.34. The molecule has 1 aliphatic heterocycles. The van der Waals surface area contributed by atoms with Gasteiger partial charge in [0.2, 0.25) is 0 Å². The Morgan fingerprint density at radius 3 is 2.67 bits per heavy atom. The minimum Gasteiger partial charge on any atom is -0.394 e. The summed E-state index contributed by atoms with van der Waals surface area (Å²) < 4.78 is 10.8. The van der Waals surface area contributed by atoms with E-state index in [1.807, 2.05) is 13.8 Å². The monoisotopic (exact) mass is 220 g/mol. The zero-order valence-corrected chi connectivity index (χ0v) is 9.17. The van der Waals surface area contributed by atoms with E-state index in [2.05, 4.69) is 0 Å².